The minimum absolute atomic E-state index is 0.181. The summed E-state index contributed by atoms with van der Waals surface area (Å²) in [5.74, 6) is 0.837. The van der Waals surface area contributed by atoms with Crippen molar-refractivity contribution in [2.24, 2.45) is 5.92 Å². The molecule has 1 aromatic rings. The molecule has 2 N–H and O–H groups in total. The number of hydrogen-bond acceptors (Lipinski definition) is 2. The van der Waals surface area contributed by atoms with Crippen LogP contribution in [0.1, 0.15) is 30.4 Å². The van der Waals surface area contributed by atoms with Crippen LogP contribution in [0.5, 0.6) is 0 Å². The van der Waals surface area contributed by atoms with E-state index in [9.17, 15) is 4.79 Å². The lowest BCUT2D eigenvalue weighted by atomic mass is 9.98. The maximum atomic E-state index is 11.8. The first-order chi connectivity index (χ1) is 9.24. The average Bonchev–Trinajstić information content (AvgIpc) is 2.44. The Morgan fingerprint density at radius 1 is 1.37 bits per heavy atom. The van der Waals surface area contributed by atoms with Crippen LogP contribution in [0.4, 0.5) is 0 Å². The highest BCUT2D eigenvalue weighted by Gasteiger charge is 2.13. The van der Waals surface area contributed by atoms with Crippen molar-refractivity contribution in [3.8, 4) is 0 Å². The summed E-state index contributed by atoms with van der Waals surface area (Å²) in [4.78, 5) is 11.8. The number of piperidine rings is 1. The third-order valence-electron chi connectivity index (χ3n) is 3.77. The summed E-state index contributed by atoms with van der Waals surface area (Å²) in [6.45, 7) is 5.10. The molecule has 1 aliphatic rings. The summed E-state index contributed by atoms with van der Waals surface area (Å²) in [5, 5.41) is 6.41. The van der Waals surface area contributed by atoms with Crippen LogP contribution in [-0.4, -0.2) is 25.5 Å². The quantitative estimate of drug-likeness (QED) is 0.850. The molecule has 1 fully saturated rings. The summed E-state index contributed by atoms with van der Waals surface area (Å²) in [7, 11) is 0. The molecular formula is C16H24N2O. The molecule has 0 bridgehead atoms. The highest BCUT2D eigenvalue weighted by molar-refractivity contribution is 5.76. The lowest BCUT2D eigenvalue weighted by Crippen LogP contribution is -2.36. The molecule has 104 valence electrons. The molecule has 19 heavy (non-hydrogen) atoms. The van der Waals surface area contributed by atoms with Gasteiger partial charge in [0.1, 0.15) is 0 Å². The minimum atomic E-state index is 0.181. The zero-order valence-electron chi connectivity index (χ0n) is 11.7. The van der Waals surface area contributed by atoms with Gasteiger partial charge in [-0.25, -0.2) is 0 Å². The molecule has 1 heterocycles. The molecule has 3 nitrogen and oxygen atoms in total. The summed E-state index contributed by atoms with van der Waals surface area (Å²) in [6, 6.07) is 8.38. The lowest BCUT2D eigenvalue weighted by Gasteiger charge is -2.22. The van der Waals surface area contributed by atoms with Gasteiger partial charge < -0.3 is 10.6 Å². The molecule has 0 aromatic heterocycles. The largest absolute Gasteiger partial charge is 0.356 e. The van der Waals surface area contributed by atoms with E-state index in [1.165, 1.54) is 24.0 Å². The third-order valence-corrected chi connectivity index (χ3v) is 3.77. The number of nitrogens with one attached hydrogen (secondary N) is 2. The first-order valence-electron chi connectivity index (χ1n) is 7.27. The number of rotatable bonds is 5. The molecule has 0 radical (unpaired) electrons. The average molecular weight is 260 g/mol. The predicted molar refractivity (Wildman–Crippen MR) is 78.1 cm³/mol. The normalized spacial score (nSPS) is 16.3. The van der Waals surface area contributed by atoms with Gasteiger partial charge in [0.15, 0.2) is 0 Å². The van der Waals surface area contributed by atoms with Gasteiger partial charge in [0.25, 0.3) is 0 Å². The number of aryl methyl sites for hydroxylation is 2. The second-order valence-corrected chi connectivity index (χ2v) is 5.49. The Morgan fingerprint density at radius 3 is 2.89 bits per heavy atom. The Morgan fingerprint density at radius 2 is 2.16 bits per heavy atom. The SMILES string of the molecule is Cc1cccc(CCC(=O)NCC2CCNCC2)c1. The summed E-state index contributed by atoms with van der Waals surface area (Å²) in [5.41, 5.74) is 2.50. The zero-order chi connectivity index (χ0) is 13.5. The van der Waals surface area contributed by atoms with E-state index in [1.807, 2.05) is 0 Å². The topological polar surface area (TPSA) is 41.1 Å². The van der Waals surface area contributed by atoms with Crippen molar-refractivity contribution < 1.29 is 4.79 Å². The molecule has 1 saturated heterocycles. The number of amides is 1. The Balaban J connectivity index is 1.66. The van der Waals surface area contributed by atoms with Crippen LogP contribution in [0.15, 0.2) is 24.3 Å². The van der Waals surface area contributed by atoms with Crippen molar-refractivity contribution in [3.05, 3.63) is 35.4 Å². The van der Waals surface area contributed by atoms with Gasteiger partial charge in [0.2, 0.25) is 5.91 Å². The van der Waals surface area contributed by atoms with Crippen molar-refractivity contribution in [2.45, 2.75) is 32.6 Å². The molecule has 3 heteroatoms. The van der Waals surface area contributed by atoms with Crippen molar-refractivity contribution in [3.63, 3.8) is 0 Å². The molecule has 1 aliphatic heterocycles. The highest BCUT2D eigenvalue weighted by Crippen LogP contribution is 2.10. The zero-order valence-corrected chi connectivity index (χ0v) is 11.7. The van der Waals surface area contributed by atoms with Crippen LogP contribution < -0.4 is 10.6 Å². The number of carbonyl (C=O) groups excluding carboxylic acids is 1. The molecule has 0 spiro atoms. The standard InChI is InChI=1S/C16H24N2O/c1-13-3-2-4-14(11-13)5-6-16(19)18-12-15-7-9-17-10-8-15/h2-4,11,15,17H,5-10,12H2,1H3,(H,18,19). The first-order valence-corrected chi connectivity index (χ1v) is 7.27. The highest BCUT2D eigenvalue weighted by atomic mass is 16.1. The van der Waals surface area contributed by atoms with E-state index >= 15 is 0 Å². The Hall–Kier alpha value is -1.35. The van der Waals surface area contributed by atoms with Gasteiger partial charge in [-0.2, -0.15) is 0 Å². The van der Waals surface area contributed by atoms with Crippen LogP contribution in [0.2, 0.25) is 0 Å². The van der Waals surface area contributed by atoms with Crippen LogP contribution in [0.25, 0.3) is 0 Å². The molecule has 1 aromatic carbocycles. The minimum Gasteiger partial charge on any atom is -0.356 e. The summed E-state index contributed by atoms with van der Waals surface area (Å²) in [6.07, 6.45) is 3.78. The van der Waals surface area contributed by atoms with E-state index < -0.39 is 0 Å². The number of benzene rings is 1. The van der Waals surface area contributed by atoms with Gasteiger partial charge >= 0.3 is 0 Å². The van der Waals surface area contributed by atoms with E-state index in [-0.39, 0.29) is 5.91 Å². The summed E-state index contributed by atoms with van der Waals surface area (Å²) < 4.78 is 0. The fourth-order valence-corrected chi connectivity index (χ4v) is 2.56. The molecule has 2 rings (SSSR count). The third kappa shape index (κ3) is 5.03. The van der Waals surface area contributed by atoms with E-state index in [1.54, 1.807) is 0 Å². The van der Waals surface area contributed by atoms with Gasteiger partial charge in [0.05, 0.1) is 0 Å². The monoisotopic (exact) mass is 260 g/mol. The van der Waals surface area contributed by atoms with E-state index in [0.29, 0.717) is 12.3 Å². The molecule has 0 atom stereocenters. The van der Waals surface area contributed by atoms with Crippen molar-refractivity contribution in [1.29, 1.82) is 0 Å². The second-order valence-electron chi connectivity index (χ2n) is 5.49. The van der Waals surface area contributed by atoms with Crippen molar-refractivity contribution in [2.75, 3.05) is 19.6 Å². The van der Waals surface area contributed by atoms with Gasteiger partial charge in [-0.15, -0.1) is 0 Å². The van der Waals surface area contributed by atoms with Gasteiger partial charge in [-0.3, -0.25) is 4.79 Å². The molecule has 0 aliphatic carbocycles. The Labute approximate surface area is 115 Å². The molecular weight excluding hydrogens is 236 g/mol. The van der Waals surface area contributed by atoms with Crippen LogP contribution in [0, 0.1) is 12.8 Å². The molecule has 1 amide bonds. The van der Waals surface area contributed by atoms with E-state index in [2.05, 4.69) is 41.8 Å². The van der Waals surface area contributed by atoms with Crippen LogP contribution in [-0.2, 0) is 11.2 Å². The van der Waals surface area contributed by atoms with Gasteiger partial charge in [-0.1, -0.05) is 29.8 Å². The first kappa shape index (κ1) is 14.1. The van der Waals surface area contributed by atoms with E-state index in [0.717, 1.165) is 26.1 Å². The summed E-state index contributed by atoms with van der Waals surface area (Å²) >= 11 is 0. The fraction of sp³-hybridized carbons (Fsp3) is 0.562. The predicted octanol–water partition coefficient (Wildman–Crippen LogP) is 2.04. The number of hydrogen-bond donors (Lipinski definition) is 2. The van der Waals surface area contributed by atoms with Crippen molar-refractivity contribution in [1.82, 2.24) is 10.6 Å². The Bertz CT molecular complexity index is 411. The van der Waals surface area contributed by atoms with Crippen LogP contribution >= 0.6 is 0 Å². The van der Waals surface area contributed by atoms with E-state index in [4.69, 9.17) is 0 Å². The lowest BCUT2D eigenvalue weighted by molar-refractivity contribution is -0.121. The fourth-order valence-electron chi connectivity index (χ4n) is 2.56. The molecule has 0 unspecified atom stereocenters. The molecule has 0 saturated carbocycles. The van der Waals surface area contributed by atoms with Gasteiger partial charge in [0, 0.05) is 13.0 Å². The van der Waals surface area contributed by atoms with Crippen LogP contribution in [0.3, 0.4) is 0 Å². The maximum absolute atomic E-state index is 11.8. The van der Waals surface area contributed by atoms with Crippen molar-refractivity contribution >= 4 is 5.91 Å². The van der Waals surface area contributed by atoms with Gasteiger partial charge in [-0.05, 0) is 50.8 Å². The Kier molecular flexibility index (Phi) is 5.40. The second kappa shape index (κ2) is 7.29. The maximum Gasteiger partial charge on any atom is 0.220 e. The smallest absolute Gasteiger partial charge is 0.220 e. The number of carbonyl (C=O) groups is 1.